The Kier molecular flexibility index (Phi) is 4.82. The zero-order chi connectivity index (χ0) is 18.1. The van der Waals surface area contributed by atoms with Crippen LogP contribution < -0.4 is 10.1 Å². The quantitative estimate of drug-likeness (QED) is 0.524. The Hall–Kier alpha value is -2.12. The molecule has 0 saturated carbocycles. The number of hydrogen-bond acceptors (Lipinski definition) is 6. The summed E-state index contributed by atoms with van der Waals surface area (Å²) in [6, 6.07) is 7.37. The lowest BCUT2D eigenvalue weighted by atomic mass is 10.2. The Labute approximate surface area is 160 Å². The maximum Gasteiger partial charge on any atom is 0.237 e. The molecule has 1 amide bonds. The Bertz CT molecular complexity index is 971. The number of rotatable bonds is 5. The number of carbonyl (C=O) groups is 1. The summed E-state index contributed by atoms with van der Waals surface area (Å²) in [6.45, 7) is 1.90. The van der Waals surface area contributed by atoms with E-state index in [1.807, 2.05) is 31.2 Å². The van der Waals surface area contributed by atoms with Crippen LogP contribution in [0.1, 0.15) is 23.8 Å². The van der Waals surface area contributed by atoms with E-state index in [0.29, 0.717) is 0 Å². The topological polar surface area (TPSA) is 64.1 Å². The van der Waals surface area contributed by atoms with Crippen molar-refractivity contribution in [3.63, 3.8) is 0 Å². The molecule has 0 radical (unpaired) electrons. The van der Waals surface area contributed by atoms with Crippen LogP contribution in [-0.4, -0.2) is 28.2 Å². The average Bonchev–Trinajstić information content (AvgIpc) is 3.23. The number of carbonyl (C=O) groups excluding carboxylic acids is 1. The zero-order valence-corrected chi connectivity index (χ0v) is 16.2. The van der Waals surface area contributed by atoms with E-state index in [1.165, 1.54) is 28.6 Å². The van der Waals surface area contributed by atoms with Crippen molar-refractivity contribution >= 4 is 44.9 Å². The van der Waals surface area contributed by atoms with Crippen molar-refractivity contribution < 1.29 is 9.53 Å². The summed E-state index contributed by atoms with van der Waals surface area (Å²) >= 11 is 3.26. The first kappa shape index (κ1) is 17.3. The number of ether oxygens (including phenoxy) is 1. The van der Waals surface area contributed by atoms with E-state index in [-0.39, 0.29) is 11.2 Å². The van der Waals surface area contributed by atoms with Gasteiger partial charge >= 0.3 is 0 Å². The molecule has 5 nitrogen and oxygen atoms in total. The van der Waals surface area contributed by atoms with Crippen LogP contribution >= 0.6 is 23.1 Å². The number of methoxy groups -OCH3 is 1. The normalized spacial score (nSPS) is 14.2. The van der Waals surface area contributed by atoms with Crippen LogP contribution in [-0.2, 0) is 17.6 Å². The molecule has 2 aromatic heterocycles. The minimum atomic E-state index is -0.267. The van der Waals surface area contributed by atoms with Crippen molar-refractivity contribution in [1.82, 2.24) is 9.97 Å². The van der Waals surface area contributed by atoms with Crippen molar-refractivity contribution in [1.29, 1.82) is 0 Å². The summed E-state index contributed by atoms with van der Waals surface area (Å²) < 4.78 is 5.20. The fourth-order valence-electron chi connectivity index (χ4n) is 3.15. The van der Waals surface area contributed by atoms with E-state index in [2.05, 4.69) is 15.3 Å². The molecule has 26 heavy (non-hydrogen) atoms. The van der Waals surface area contributed by atoms with Crippen molar-refractivity contribution in [3.05, 3.63) is 41.0 Å². The van der Waals surface area contributed by atoms with Crippen LogP contribution in [0.4, 0.5) is 5.69 Å². The highest BCUT2D eigenvalue weighted by Gasteiger charge is 2.24. The molecule has 0 saturated heterocycles. The molecule has 0 bridgehead atoms. The molecule has 7 heteroatoms. The van der Waals surface area contributed by atoms with Crippen molar-refractivity contribution in [2.24, 2.45) is 0 Å². The van der Waals surface area contributed by atoms with Gasteiger partial charge in [-0.05, 0) is 43.9 Å². The fraction of sp³-hybridized carbons (Fsp3) is 0.316. The van der Waals surface area contributed by atoms with Gasteiger partial charge in [-0.15, -0.1) is 11.3 Å². The predicted molar refractivity (Wildman–Crippen MR) is 106 cm³/mol. The smallest absolute Gasteiger partial charge is 0.237 e. The van der Waals surface area contributed by atoms with Crippen LogP contribution in [0.3, 0.4) is 0 Å². The maximum absolute atomic E-state index is 12.6. The molecule has 1 aromatic carbocycles. The lowest BCUT2D eigenvalue weighted by molar-refractivity contribution is -0.115. The first-order chi connectivity index (χ1) is 12.7. The SMILES string of the molecule is COc1cccc(NC(=O)[C@H](C)Sc2ncnc3sc4c(c23)CCC4)c1. The number of nitrogens with zero attached hydrogens (tertiary/aromatic N) is 2. The third kappa shape index (κ3) is 3.29. The number of thioether (sulfide) groups is 1. The summed E-state index contributed by atoms with van der Waals surface area (Å²) in [4.78, 5) is 24.0. The number of fused-ring (bicyclic) bond motifs is 3. The van der Waals surface area contributed by atoms with Gasteiger partial charge in [0.05, 0.1) is 12.4 Å². The number of benzene rings is 1. The Morgan fingerprint density at radius 3 is 3.08 bits per heavy atom. The second-order valence-electron chi connectivity index (χ2n) is 6.20. The van der Waals surface area contributed by atoms with Gasteiger partial charge in [0.1, 0.15) is 21.9 Å². The number of amides is 1. The molecule has 1 aliphatic carbocycles. The van der Waals surface area contributed by atoms with Gasteiger partial charge in [-0.3, -0.25) is 4.79 Å². The minimum absolute atomic E-state index is 0.0538. The molecule has 3 aromatic rings. The summed E-state index contributed by atoms with van der Waals surface area (Å²) in [7, 11) is 1.61. The van der Waals surface area contributed by atoms with Crippen LogP contribution in [0, 0.1) is 0 Å². The average molecular weight is 386 g/mol. The third-order valence-corrected chi connectivity index (χ3v) is 6.76. The van der Waals surface area contributed by atoms with Gasteiger partial charge in [-0.2, -0.15) is 0 Å². The molecular weight excluding hydrogens is 366 g/mol. The van der Waals surface area contributed by atoms with E-state index in [1.54, 1.807) is 24.8 Å². The molecule has 4 rings (SSSR count). The molecule has 1 atom stereocenters. The Morgan fingerprint density at radius 1 is 1.35 bits per heavy atom. The van der Waals surface area contributed by atoms with E-state index in [4.69, 9.17) is 4.74 Å². The second kappa shape index (κ2) is 7.25. The van der Waals surface area contributed by atoms with Gasteiger partial charge in [0.25, 0.3) is 0 Å². The summed E-state index contributed by atoms with van der Waals surface area (Å²) in [6.07, 6.45) is 5.01. The third-order valence-electron chi connectivity index (χ3n) is 4.46. The maximum atomic E-state index is 12.6. The van der Waals surface area contributed by atoms with Gasteiger partial charge in [0, 0.05) is 22.0 Å². The number of anilines is 1. The minimum Gasteiger partial charge on any atom is -0.497 e. The van der Waals surface area contributed by atoms with E-state index >= 15 is 0 Å². The summed E-state index contributed by atoms with van der Waals surface area (Å²) in [5.41, 5.74) is 2.11. The lowest BCUT2D eigenvalue weighted by Crippen LogP contribution is -2.22. The second-order valence-corrected chi connectivity index (χ2v) is 8.61. The molecule has 134 valence electrons. The highest BCUT2D eigenvalue weighted by atomic mass is 32.2. The van der Waals surface area contributed by atoms with E-state index in [0.717, 1.165) is 39.5 Å². The van der Waals surface area contributed by atoms with Crippen molar-refractivity contribution in [2.45, 2.75) is 36.5 Å². The van der Waals surface area contributed by atoms with Crippen LogP contribution in [0.2, 0.25) is 0 Å². The van der Waals surface area contributed by atoms with E-state index in [9.17, 15) is 4.79 Å². The van der Waals surface area contributed by atoms with Crippen molar-refractivity contribution in [3.8, 4) is 5.75 Å². The highest BCUT2D eigenvalue weighted by molar-refractivity contribution is 8.00. The molecule has 2 heterocycles. The largest absolute Gasteiger partial charge is 0.497 e. The number of aromatic nitrogens is 2. The number of nitrogens with one attached hydrogen (secondary N) is 1. The lowest BCUT2D eigenvalue weighted by Gasteiger charge is -2.13. The van der Waals surface area contributed by atoms with Crippen LogP contribution in [0.15, 0.2) is 35.6 Å². The van der Waals surface area contributed by atoms with Gasteiger partial charge in [-0.25, -0.2) is 9.97 Å². The molecule has 1 N–H and O–H groups in total. The zero-order valence-electron chi connectivity index (χ0n) is 14.6. The van der Waals surface area contributed by atoms with Crippen molar-refractivity contribution in [2.75, 3.05) is 12.4 Å². The van der Waals surface area contributed by atoms with Gasteiger partial charge in [0.2, 0.25) is 5.91 Å². The molecule has 1 aliphatic rings. The first-order valence-corrected chi connectivity index (χ1v) is 10.2. The van der Waals surface area contributed by atoms with Gasteiger partial charge in [0.15, 0.2) is 0 Å². The molecule has 0 spiro atoms. The van der Waals surface area contributed by atoms with Crippen LogP contribution in [0.25, 0.3) is 10.2 Å². The molecule has 0 aliphatic heterocycles. The monoisotopic (exact) mass is 385 g/mol. The first-order valence-electron chi connectivity index (χ1n) is 8.52. The fourth-order valence-corrected chi connectivity index (χ4v) is 5.39. The Balaban J connectivity index is 1.53. The van der Waals surface area contributed by atoms with Crippen LogP contribution in [0.5, 0.6) is 5.75 Å². The predicted octanol–water partition coefficient (Wildman–Crippen LogP) is 4.31. The number of hydrogen-bond donors (Lipinski definition) is 1. The van der Waals surface area contributed by atoms with Gasteiger partial charge < -0.3 is 10.1 Å². The standard InChI is InChI=1S/C19H19N3O2S2/c1-11(17(23)22-12-5-3-6-13(9-12)24-2)25-18-16-14-7-4-8-15(14)26-19(16)21-10-20-18/h3,5-6,9-11H,4,7-8H2,1-2H3,(H,22,23)/t11-/m0/s1. The van der Waals surface area contributed by atoms with E-state index < -0.39 is 0 Å². The Morgan fingerprint density at radius 2 is 2.23 bits per heavy atom. The molecular formula is C19H19N3O2S2. The highest BCUT2D eigenvalue weighted by Crippen LogP contribution is 2.40. The molecule has 0 fully saturated rings. The van der Waals surface area contributed by atoms with Gasteiger partial charge in [-0.1, -0.05) is 17.8 Å². The summed E-state index contributed by atoms with van der Waals surface area (Å²) in [5.74, 6) is 0.663. The molecule has 0 unspecified atom stereocenters. The summed E-state index contributed by atoms with van der Waals surface area (Å²) in [5, 5.41) is 4.74. The number of thiophene rings is 1. The number of aryl methyl sites for hydroxylation is 2.